The van der Waals surface area contributed by atoms with E-state index in [2.05, 4.69) is 10.2 Å². The number of hydrogen-bond acceptors (Lipinski definition) is 9. The predicted octanol–water partition coefficient (Wildman–Crippen LogP) is 3.92. The highest BCUT2D eigenvalue weighted by molar-refractivity contribution is 7.22. The standard InChI is InChI=1S/C24H29N3O5S/c1-30-17-5-4-16(21(10-17)31-2)13-25-19-12-22-20(11-18(19)23(29)32-3)26-24(33-22)27-8-6-15(14-28)7-9-27/h4-5,10-12,15,25,28H,6-9,13-14H2,1-3H3. The summed E-state index contributed by atoms with van der Waals surface area (Å²) in [4.78, 5) is 19.5. The third-order valence-corrected chi connectivity index (χ3v) is 7.11. The van der Waals surface area contributed by atoms with Gasteiger partial charge in [0.1, 0.15) is 11.5 Å². The van der Waals surface area contributed by atoms with Crippen molar-refractivity contribution in [1.29, 1.82) is 0 Å². The average Bonchev–Trinajstić information content (AvgIpc) is 3.29. The molecular formula is C24H29N3O5S. The van der Waals surface area contributed by atoms with Crippen LogP contribution in [0, 0.1) is 5.92 Å². The number of benzene rings is 2. The summed E-state index contributed by atoms with van der Waals surface area (Å²) in [5.41, 5.74) is 2.83. The summed E-state index contributed by atoms with van der Waals surface area (Å²) in [6, 6.07) is 9.38. The summed E-state index contributed by atoms with van der Waals surface area (Å²) in [5.74, 6) is 1.37. The van der Waals surface area contributed by atoms with E-state index in [0.29, 0.717) is 35.2 Å². The first-order valence-electron chi connectivity index (χ1n) is 10.9. The number of ether oxygens (including phenoxy) is 3. The second kappa shape index (κ2) is 10.3. The molecule has 1 aliphatic heterocycles. The Balaban J connectivity index is 1.61. The van der Waals surface area contributed by atoms with Crippen LogP contribution >= 0.6 is 11.3 Å². The fraction of sp³-hybridized carbons (Fsp3) is 0.417. The van der Waals surface area contributed by atoms with Crippen molar-refractivity contribution in [2.45, 2.75) is 19.4 Å². The van der Waals surface area contributed by atoms with Crippen LogP contribution in [0.1, 0.15) is 28.8 Å². The van der Waals surface area contributed by atoms with Crippen LogP contribution in [0.2, 0.25) is 0 Å². The van der Waals surface area contributed by atoms with E-state index in [1.165, 1.54) is 7.11 Å². The molecule has 2 N–H and O–H groups in total. The van der Waals surface area contributed by atoms with Crippen LogP contribution < -0.4 is 19.7 Å². The number of fused-ring (bicyclic) bond motifs is 1. The minimum atomic E-state index is -0.417. The highest BCUT2D eigenvalue weighted by Gasteiger charge is 2.22. The van der Waals surface area contributed by atoms with Crippen LogP contribution in [0.3, 0.4) is 0 Å². The molecule has 0 amide bonds. The molecule has 2 aromatic carbocycles. The van der Waals surface area contributed by atoms with E-state index in [0.717, 1.165) is 46.8 Å². The molecule has 8 nitrogen and oxygen atoms in total. The number of rotatable bonds is 8. The van der Waals surface area contributed by atoms with Crippen molar-refractivity contribution in [2.75, 3.05) is 51.2 Å². The van der Waals surface area contributed by atoms with Gasteiger partial charge in [0.2, 0.25) is 0 Å². The van der Waals surface area contributed by atoms with Gasteiger partial charge in [-0.05, 0) is 43.0 Å². The van der Waals surface area contributed by atoms with E-state index in [1.807, 2.05) is 24.3 Å². The lowest BCUT2D eigenvalue weighted by atomic mass is 9.98. The third kappa shape index (κ3) is 4.99. The second-order valence-corrected chi connectivity index (χ2v) is 9.01. The van der Waals surface area contributed by atoms with Gasteiger partial charge in [-0.3, -0.25) is 0 Å². The molecule has 0 unspecified atom stereocenters. The summed E-state index contributed by atoms with van der Waals surface area (Å²) in [6.45, 7) is 2.45. The Hall–Kier alpha value is -3.04. The molecule has 0 aliphatic carbocycles. The SMILES string of the molecule is COC(=O)c1cc2nc(N3CCC(CO)CC3)sc2cc1NCc1ccc(OC)cc1OC. The van der Waals surface area contributed by atoms with Gasteiger partial charge in [-0.25, -0.2) is 9.78 Å². The van der Waals surface area contributed by atoms with Gasteiger partial charge >= 0.3 is 5.97 Å². The van der Waals surface area contributed by atoms with Gasteiger partial charge in [0.15, 0.2) is 5.13 Å². The minimum absolute atomic E-state index is 0.240. The second-order valence-electron chi connectivity index (χ2n) is 8.00. The van der Waals surface area contributed by atoms with Crippen molar-refractivity contribution in [3.8, 4) is 11.5 Å². The molecule has 0 spiro atoms. The quantitative estimate of drug-likeness (QED) is 0.478. The lowest BCUT2D eigenvalue weighted by Crippen LogP contribution is -2.34. The number of anilines is 2. The van der Waals surface area contributed by atoms with Crippen molar-refractivity contribution in [1.82, 2.24) is 4.98 Å². The van der Waals surface area contributed by atoms with Crippen molar-refractivity contribution in [3.63, 3.8) is 0 Å². The molecule has 1 aliphatic rings. The highest BCUT2D eigenvalue weighted by atomic mass is 32.1. The zero-order valence-corrected chi connectivity index (χ0v) is 19.9. The summed E-state index contributed by atoms with van der Waals surface area (Å²) in [6.07, 6.45) is 1.91. The topological polar surface area (TPSA) is 93.2 Å². The number of hydrogen-bond donors (Lipinski definition) is 2. The lowest BCUT2D eigenvalue weighted by molar-refractivity contribution is 0.0602. The Morgan fingerprint density at radius 1 is 1.18 bits per heavy atom. The van der Waals surface area contributed by atoms with E-state index in [1.54, 1.807) is 31.6 Å². The number of carbonyl (C=O) groups is 1. The Bertz CT molecular complexity index is 1120. The first-order chi connectivity index (χ1) is 16.1. The smallest absolute Gasteiger partial charge is 0.340 e. The van der Waals surface area contributed by atoms with Gasteiger partial charge < -0.3 is 29.5 Å². The maximum atomic E-state index is 12.5. The number of aliphatic hydroxyl groups is 1. The van der Waals surface area contributed by atoms with Crippen molar-refractivity contribution in [3.05, 3.63) is 41.5 Å². The molecule has 0 radical (unpaired) electrons. The van der Waals surface area contributed by atoms with Crippen LogP contribution in [-0.2, 0) is 11.3 Å². The molecule has 33 heavy (non-hydrogen) atoms. The first-order valence-corrected chi connectivity index (χ1v) is 11.7. The highest BCUT2D eigenvalue weighted by Crippen LogP contribution is 2.35. The van der Waals surface area contributed by atoms with Gasteiger partial charge in [-0.2, -0.15) is 0 Å². The molecule has 0 atom stereocenters. The Kier molecular flexibility index (Phi) is 7.20. The Labute approximate surface area is 197 Å². The van der Waals surface area contributed by atoms with Crippen LogP contribution in [0.25, 0.3) is 10.2 Å². The van der Waals surface area contributed by atoms with E-state index in [9.17, 15) is 9.90 Å². The average molecular weight is 472 g/mol. The number of aliphatic hydroxyl groups excluding tert-OH is 1. The predicted molar refractivity (Wildman–Crippen MR) is 130 cm³/mol. The molecule has 9 heteroatoms. The number of nitrogens with one attached hydrogen (secondary N) is 1. The molecule has 1 aromatic heterocycles. The van der Waals surface area contributed by atoms with Gasteiger partial charge in [-0.15, -0.1) is 0 Å². The zero-order valence-electron chi connectivity index (χ0n) is 19.1. The van der Waals surface area contributed by atoms with E-state index < -0.39 is 5.97 Å². The van der Waals surface area contributed by atoms with Crippen molar-refractivity contribution >= 4 is 38.3 Å². The fourth-order valence-electron chi connectivity index (χ4n) is 4.02. The third-order valence-electron chi connectivity index (χ3n) is 6.03. The number of thiazole rings is 1. The molecule has 4 rings (SSSR count). The zero-order chi connectivity index (χ0) is 23.4. The van der Waals surface area contributed by atoms with Gasteiger partial charge in [-0.1, -0.05) is 11.3 Å². The van der Waals surface area contributed by atoms with Crippen molar-refractivity contribution in [2.24, 2.45) is 5.92 Å². The summed E-state index contributed by atoms with van der Waals surface area (Å²) >= 11 is 1.61. The van der Waals surface area contributed by atoms with Gasteiger partial charge in [0.05, 0.1) is 42.8 Å². The van der Waals surface area contributed by atoms with Gasteiger partial charge in [0, 0.05) is 37.9 Å². The number of carbonyl (C=O) groups excluding carboxylic acids is 1. The number of piperidine rings is 1. The normalized spacial score (nSPS) is 14.4. The lowest BCUT2D eigenvalue weighted by Gasteiger charge is -2.30. The largest absolute Gasteiger partial charge is 0.497 e. The Morgan fingerprint density at radius 3 is 2.64 bits per heavy atom. The maximum Gasteiger partial charge on any atom is 0.340 e. The summed E-state index contributed by atoms with van der Waals surface area (Å²) in [5, 5.41) is 13.7. The molecule has 176 valence electrons. The Morgan fingerprint density at radius 2 is 1.97 bits per heavy atom. The monoisotopic (exact) mass is 471 g/mol. The van der Waals surface area contributed by atoms with E-state index >= 15 is 0 Å². The number of esters is 1. The maximum absolute atomic E-state index is 12.5. The fourth-order valence-corrected chi connectivity index (χ4v) is 5.06. The summed E-state index contributed by atoms with van der Waals surface area (Å²) in [7, 11) is 4.61. The molecule has 1 saturated heterocycles. The number of aromatic nitrogens is 1. The van der Waals surface area contributed by atoms with Crippen LogP contribution in [0.15, 0.2) is 30.3 Å². The van der Waals surface area contributed by atoms with Crippen LogP contribution in [-0.4, -0.2) is 57.1 Å². The molecule has 2 heterocycles. The van der Waals surface area contributed by atoms with Crippen LogP contribution in [0.5, 0.6) is 11.5 Å². The molecule has 1 fully saturated rings. The summed E-state index contributed by atoms with van der Waals surface area (Å²) < 4.78 is 16.8. The number of methoxy groups -OCH3 is 3. The van der Waals surface area contributed by atoms with Gasteiger partial charge in [0.25, 0.3) is 0 Å². The van der Waals surface area contributed by atoms with Crippen molar-refractivity contribution < 1.29 is 24.1 Å². The van der Waals surface area contributed by atoms with E-state index in [-0.39, 0.29) is 6.61 Å². The molecule has 0 saturated carbocycles. The minimum Gasteiger partial charge on any atom is -0.497 e. The van der Waals surface area contributed by atoms with E-state index in [4.69, 9.17) is 19.2 Å². The molecular weight excluding hydrogens is 442 g/mol. The molecule has 0 bridgehead atoms. The number of nitrogens with zero attached hydrogens (tertiary/aromatic N) is 2. The first kappa shape index (κ1) is 23.1. The molecule has 3 aromatic rings. The van der Waals surface area contributed by atoms with Crippen LogP contribution in [0.4, 0.5) is 10.8 Å².